The van der Waals surface area contributed by atoms with Crippen LogP contribution in [0.1, 0.15) is 29.2 Å². The normalized spacial score (nSPS) is 10.0. The molecule has 3 nitrogen and oxygen atoms in total. The largest absolute Gasteiger partial charge is 0.461 e. The molecule has 0 saturated heterocycles. The summed E-state index contributed by atoms with van der Waals surface area (Å²) in [7, 11) is 0. The van der Waals surface area contributed by atoms with Gasteiger partial charge in [0, 0.05) is 5.56 Å². The Labute approximate surface area is 95.9 Å². The smallest absolute Gasteiger partial charge is 0.356 e. The number of nitrogens with one attached hydrogen (secondary N) is 1. The number of ether oxygens (including phenoxy) is 1. The summed E-state index contributed by atoms with van der Waals surface area (Å²) < 4.78 is 4.83. The van der Waals surface area contributed by atoms with Crippen LogP contribution >= 0.6 is 0 Å². The van der Waals surface area contributed by atoms with Crippen molar-refractivity contribution < 1.29 is 9.53 Å². The molecule has 1 aromatic rings. The van der Waals surface area contributed by atoms with Crippen molar-refractivity contribution in [2.24, 2.45) is 0 Å². The highest BCUT2D eigenvalue weighted by atomic mass is 16.5. The van der Waals surface area contributed by atoms with E-state index in [9.17, 15) is 4.79 Å². The van der Waals surface area contributed by atoms with E-state index in [-0.39, 0.29) is 5.71 Å². The van der Waals surface area contributed by atoms with Gasteiger partial charge in [-0.1, -0.05) is 17.7 Å². The molecular weight excluding hydrogens is 202 g/mol. The van der Waals surface area contributed by atoms with Gasteiger partial charge in [-0.15, -0.1) is 0 Å². The summed E-state index contributed by atoms with van der Waals surface area (Å²) in [5.41, 5.74) is 3.64. The minimum absolute atomic E-state index is 0.0585. The monoisotopic (exact) mass is 219 g/mol. The van der Waals surface area contributed by atoms with E-state index in [1.807, 2.05) is 32.9 Å². The van der Waals surface area contributed by atoms with Gasteiger partial charge in [0.25, 0.3) is 0 Å². The van der Waals surface area contributed by atoms with Crippen LogP contribution in [0.5, 0.6) is 0 Å². The maximum atomic E-state index is 11.5. The minimum atomic E-state index is -0.558. The van der Waals surface area contributed by atoms with Crippen LogP contribution in [-0.2, 0) is 9.53 Å². The Hall–Kier alpha value is -1.64. The first-order valence-corrected chi connectivity index (χ1v) is 5.31. The lowest BCUT2D eigenvalue weighted by molar-refractivity contribution is -0.135. The molecule has 86 valence electrons. The van der Waals surface area contributed by atoms with E-state index in [4.69, 9.17) is 10.1 Å². The zero-order valence-electron chi connectivity index (χ0n) is 10.2. The number of aryl methyl sites for hydroxylation is 3. The van der Waals surface area contributed by atoms with Crippen molar-refractivity contribution in [1.82, 2.24) is 0 Å². The fourth-order valence-corrected chi connectivity index (χ4v) is 1.88. The molecule has 0 aromatic heterocycles. The van der Waals surface area contributed by atoms with E-state index in [2.05, 4.69) is 0 Å². The molecule has 0 amide bonds. The topological polar surface area (TPSA) is 50.2 Å². The molecule has 0 aliphatic rings. The van der Waals surface area contributed by atoms with E-state index in [0.29, 0.717) is 12.2 Å². The third-order valence-electron chi connectivity index (χ3n) is 2.41. The Kier molecular flexibility index (Phi) is 3.82. The summed E-state index contributed by atoms with van der Waals surface area (Å²) in [5, 5.41) is 7.82. The zero-order chi connectivity index (χ0) is 12.3. The standard InChI is InChI=1S/C13H17NO2/c1-5-16-13(15)12(14)11-9(3)6-8(2)7-10(11)4/h6-7,14H,5H2,1-4H3. The second kappa shape index (κ2) is 4.92. The highest BCUT2D eigenvalue weighted by Crippen LogP contribution is 2.17. The summed E-state index contributed by atoms with van der Waals surface area (Å²) in [6, 6.07) is 3.94. The molecule has 0 aliphatic carbocycles. The molecule has 16 heavy (non-hydrogen) atoms. The Bertz CT molecular complexity index is 413. The number of hydrogen-bond acceptors (Lipinski definition) is 3. The van der Waals surface area contributed by atoms with Crippen LogP contribution in [0.2, 0.25) is 0 Å². The van der Waals surface area contributed by atoms with Gasteiger partial charge >= 0.3 is 5.97 Å². The molecule has 0 unspecified atom stereocenters. The molecule has 0 radical (unpaired) electrons. The number of carbonyl (C=O) groups is 1. The first-order chi connectivity index (χ1) is 7.47. The van der Waals surface area contributed by atoms with Gasteiger partial charge in [0.1, 0.15) is 5.71 Å². The lowest BCUT2D eigenvalue weighted by Crippen LogP contribution is -2.19. The van der Waals surface area contributed by atoms with Crippen molar-refractivity contribution in [3.8, 4) is 0 Å². The average molecular weight is 219 g/mol. The SMILES string of the molecule is CCOC(=O)C(=N)c1c(C)cc(C)cc1C. The van der Waals surface area contributed by atoms with Crippen LogP contribution in [0.25, 0.3) is 0 Å². The van der Waals surface area contributed by atoms with E-state index >= 15 is 0 Å². The van der Waals surface area contributed by atoms with Gasteiger partial charge in [0.2, 0.25) is 0 Å². The fourth-order valence-electron chi connectivity index (χ4n) is 1.88. The molecule has 1 aromatic carbocycles. The Morgan fingerprint density at radius 3 is 2.19 bits per heavy atom. The lowest BCUT2D eigenvalue weighted by Gasteiger charge is -2.11. The zero-order valence-corrected chi connectivity index (χ0v) is 10.2. The summed E-state index contributed by atoms with van der Waals surface area (Å²) in [5.74, 6) is -0.558. The second-order valence-electron chi connectivity index (χ2n) is 3.87. The van der Waals surface area contributed by atoms with Gasteiger partial charge in [-0.05, 0) is 38.8 Å². The summed E-state index contributed by atoms with van der Waals surface area (Å²) >= 11 is 0. The molecule has 0 atom stereocenters. The summed E-state index contributed by atoms with van der Waals surface area (Å²) in [6.07, 6.45) is 0. The molecule has 1 rings (SSSR count). The maximum absolute atomic E-state index is 11.5. The second-order valence-corrected chi connectivity index (χ2v) is 3.87. The van der Waals surface area contributed by atoms with Gasteiger partial charge in [0.15, 0.2) is 0 Å². The van der Waals surface area contributed by atoms with Crippen LogP contribution in [0, 0.1) is 26.2 Å². The average Bonchev–Trinajstić information content (AvgIpc) is 2.16. The van der Waals surface area contributed by atoms with Gasteiger partial charge in [0.05, 0.1) is 6.61 Å². The number of rotatable bonds is 3. The first-order valence-electron chi connectivity index (χ1n) is 5.31. The van der Waals surface area contributed by atoms with Crippen LogP contribution in [0.3, 0.4) is 0 Å². The van der Waals surface area contributed by atoms with Crippen molar-refractivity contribution in [1.29, 1.82) is 5.41 Å². The van der Waals surface area contributed by atoms with Gasteiger partial charge < -0.3 is 4.74 Å². The van der Waals surface area contributed by atoms with Crippen LogP contribution in [0.4, 0.5) is 0 Å². The minimum Gasteiger partial charge on any atom is -0.461 e. The van der Waals surface area contributed by atoms with Crippen molar-refractivity contribution in [3.05, 3.63) is 34.4 Å². The Morgan fingerprint density at radius 2 is 1.75 bits per heavy atom. The van der Waals surface area contributed by atoms with Crippen molar-refractivity contribution >= 4 is 11.7 Å². The highest BCUT2D eigenvalue weighted by molar-refractivity contribution is 6.42. The predicted molar refractivity (Wildman–Crippen MR) is 64.1 cm³/mol. The van der Waals surface area contributed by atoms with Gasteiger partial charge in [-0.3, -0.25) is 5.41 Å². The molecule has 0 spiro atoms. The molecule has 3 heteroatoms. The number of carbonyl (C=O) groups excluding carboxylic acids is 1. The van der Waals surface area contributed by atoms with Crippen LogP contribution < -0.4 is 0 Å². The predicted octanol–water partition coefficient (Wildman–Crippen LogP) is 2.54. The van der Waals surface area contributed by atoms with Crippen LogP contribution in [-0.4, -0.2) is 18.3 Å². The number of esters is 1. The van der Waals surface area contributed by atoms with E-state index in [1.165, 1.54) is 0 Å². The third kappa shape index (κ3) is 2.48. The molecule has 0 saturated carbocycles. The van der Waals surface area contributed by atoms with Crippen molar-refractivity contribution in [2.75, 3.05) is 6.61 Å². The Morgan fingerprint density at radius 1 is 1.25 bits per heavy atom. The van der Waals surface area contributed by atoms with Gasteiger partial charge in [-0.25, -0.2) is 4.79 Å². The molecule has 0 bridgehead atoms. The Balaban J connectivity index is 3.14. The molecular formula is C13H17NO2. The molecule has 0 aliphatic heterocycles. The molecule has 0 heterocycles. The molecule has 1 N–H and O–H groups in total. The van der Waals surface area contributed by atoms with Crippen molar-refractivity contribution in [2.45, 2.75) is 27.7 Å². The van der Waals surface area contributed by atoms with E-state index < -0.39 is 5.97 Å². The summed E-state index contributed by atoms with van der Waals surface area (Å²) in [4.78, 5) is 11.5. The van der Waals surface area contributed by atoms with Crippen LogP contribution in [0.15, 0.2) is 12.1 Å². The molecule has 0 fully saturated rings. The fraction of sp³-hybridized carbons (Fsp3) is 0.385. The maximum Gasteiger partial charge on any atom is 0.356 e. The third-order valence-corrected chi connectivity index (χ3v) is 2.41. The summed E-state index contributed by atoms with van der Waals surface area (Å²) in [6.45, 7) is 7.84. The highest BCUT2D eigenvalue weighted by Gasteiger charge is 2.17. The number of benzene rings is 1. The van der Waals surface area contributed by atoms with E-state index in [1.54, 1.807) is 6.92 Å². The van der Waals surface area contributed by atoms with E-state index in [0.717, 1.165) is 16.7 Å². The van der Waals surface area contributed by atoms with Gasteiger partial charge in [-0.2, -0.15) is 0 Å². The van der Waals surface area contributed by atoms with Crippen molar-refractivity contribution in [3.63, 3.8) is 0 Å². The lowest BCUT2D eigenvalue weighted by atomic mass is 9.96. The number of hydrogen-bond donors (Lipinski definition) is 1. The first kappa shape index (κ1) is 12.4. The quantitative estimate of drug-likeness (QED) is 0.627.